The summed E-state index contributed by atoms with van der Waals surface area (Å²) in [6.07, 6.45) is 1.48. The number of benzene rings is 2. The molecule has 0 radical (unpaired) electrons. The maximum atomic E-state index is 12.3. The number of fused-ring (bicyclic) bond motifs is 1. The Labute approximate surface area is 138 Å². The van der Waals surface area contributed by atoms with E-state index in [4.69, 9.17) is 9.88 Å². The number of primary sulfonamides is 1. The number of hydrogen-bond donors (Lipinski definition) is 1. The van der Waals surface area contributed by atoms with Crippen molar-refractivity contribution in [3.8, 4) is 5.75 Å². The number of sulfonamides is 1. The first kappa shape index (κ1) is 16.2. The molecule has 0 aliphatic heterocycles. The van der Waals surface area contributed by atoms with Crippen LogP contribution in [0.25, 0.3) is 10.9 Å². The van der Waals surface area contributed by atoms with E-state index in [1.165, 1.54) is 35.2 Å². The Morgan fingerprint density at radius 1 is 1.08 bits per heavy atom. The summed E-state index contributed by atoms with van der Waals surface area (Å²) in [6, 6.07) is 12.9. The fraction of sp³-hybridized carbons (Fsp3) is 0.125. The quantitative estimate of drug-likeness (QED) is 0.746. The first-order chi connectivity index (χ1) is 11.4. The van der Waals surface area contributed by atoms with E-state index in [0.29, 0.717) is 23.2 Å². The van der Waals surface area contributed by atoms with Gasteiger partial charge in [0.15, 0.2) is 0 Å². The summed E-state index contributed by atoms with van der Waals surface area (Å²) in [5.41, 5.74) is 0.520. The van der Waals surface area contributed by atoms with E-state index in [0.717, 1.165) is 0 Å². The number of nitrogens with two attached hydrogens (primary N) is 1. The van der Waals surface area contributed by atoms with Crippen LogP contribution in [0.3, 0.4) is 0 Å². The highest BCUT2D eigenvalue weighted by atomic mass is 32.2. The fourth-order valence-corrected chi connectivity index (χ4v) is 2.77. The first-order valence-electron chi connectivity index (χ1n) is 7.15. The Balaban J connectivity index is 1.69. The van der Waals surface area contributed by atoms with E-state index in [1.54, 1.807) is 18.2 Å². The minimum atomic E-state index is -3.72. The number of para-hydroxylation sites is 1. The van der Waals surface area contributed by atoms with E-state index >= 15 is 0 Å². The zero-order valence-electron chi connectivity index (χ0n) is 12.6. The lowest BCUT2D eigenvalue weighted by molar-refractivity contribution is 0.296. The van der Waals surface area contributed by atoms with E-state index < -0.39 is 10.0 Å². The molecule has 0 amide bonds. The van der Waals surface area contributed by atoms with Gasteiger partial charge < -0.3 is 4.74 Å². The van der Waals surface area contributed by atoms with Gasteiger partial charge in [-0.1, -0.05) is 12.1 Å². The topological polar surface area (TPSA) is 104 Å². The normalized spacial score (nSPS) is 11.5. The van der Waals surface area contributed by atoms with Crippen molar-refractivity contribution in [3.63, 3.8) is 0 Å². The number of nitrogens with zero attached hydrogens (tertiary/aromatic N) is 2. The van der Waals surface area contributed by atoms with Crippen LogP contribution in [0.15, 0.2) is 64.5 Å². The van der Waals surface area contributed by atoms with Crippen LogP contribution in [0.4, 0.5) is 0 Å². The Hall–Kier alpha value is -2.71. The molecular formula is C16H15N3O4S. The third-order valence-corrected chi connectivity index (χ3v) is 4.41. The standard InChI is InChI=1S/C16H15N3O4S/c17-24(21,22)13-7-5-12(6-8-13)23-10-9-19-11-18-15-4-2-1-3-14(15)16(19)20/h1-8,11H,9-10H2,(H2,17,21,22). The van der Waals surface area contributed by atoms with Crippen molar-refractivity contribution < 1.29 is 13.2 Å². The molecule has 1 heterocycles. The predicted molar refractivity (Wildman–Crippen MR) is 89.3 cm³/mol. The second-order valence-corrected chi connectivity index (χ2v) is 6.69. The van der Waals surface area contributed by atoms with Crippen LogP contribution >= 0.6 is 0 Å². The lowest BCUT2D eigenvalue weighted by atomic mass is 10.2. The largest absolute Gasteiger partial charge is 0.492 e. The van der Waals surface area contributed by atoms with Crippen molar-refractivity contribution in [1.29, 1.82) is 0 Å². The fourth-order valence-electron chi connectivity index (χ4n) is 2.25. The minimum Gasteiger partial charge on any atom is -0.492 e. The predicted octanol–water partition coefficient (Wildman–Crippen LogP) is 1.12. The van der Waals surface area contributed by atoms with E-state index in [1.807, 2.05) is 6.07 Å². The molecule has 7 nitrogen and oxygen atoms in total. The van der Waals surface area contributed by atoms with Crippen LogP contribution in [0, 0.1) is 0 Å². The Morgan fingerprint density at radius 3 is 2.50 bits per heavy atom. The van der Waals surface area contributed by atoms with Crippen LogP contribution in [0.2, 0.25) is 0 Å². The van der Waals surface area contributed by atoms with Crippen LogP contribution in [0.1, 0.15) is 0 Å². The van der Waals surface area contributed by atoms with Gasteiger partial charge in [-0.3, -0.25) is 9.36 Å². The Morgan fingerprint density at radius 2 is 1.79 bits per heavy atom. The lowest BCUT2D eigenvalue weighted by Crippen LogP contribution is -2.23. The van der Waals surface area contributed by atoms with Gasteiger partial charge in [0.1, 0.15) is 12.4 Å². The van der Waals surface area contributed by atoms with Crippen molar-refractivity contribution in [3.05, 3.63) is 65.2 Å². The highest BCUT2D eigenvalue weighted by Crippen LogP contribution is 2.14. The number of aromatic nitrogens is 2. The molecule has 0 unspecified atom stereocenters. The van der Waals surface area contributed by atoms with Gasteiger partial charge in [-0.05, 0) is 36.4 Å². The minimum absolute atomic E-state index is 0.0183. The molecule has 0 aliphatic carbocycles. The van der Waals surface area contributed by atoms with Crippen LogP contribution in [-0.2, 0) is 16.6 Å². The molecule has 1 aromatic heterocycles. The summed E-state index contributed by atoms with van der Waals surface area (Å²) in [4.78, 5) is 16.6. The van der Waals surface area contributed by atoms with Crippen molar-refractivity contribution in [2.75, 3.05) is 6.61 Å². The molecule has 8 heteroatoms. The summed E-state index contributed by atoms with van der Waals surface area (Å²) < 4.78 is 29.4. The monoisotopic (exact) mass is 345 g/mol. The molecule has 3 aromatic rings. The van der Waals surface area contributed by atoms with E-state index in [-0.39, 0.29) is 17.1 Å². The molecule has 0 bridgehead atoms. The SMILES string of the molecule is NS(=O)(=O)c1ccc(OCCn2cnc3ccccc3c2=O)cc1. The molecule has 2 N–H and O–H groups in total. The van der Waals surface area contributed by atoms with E-state index in [2.05, 4.69) is 4.98 Å². The molecular weight excluding hydrogens is 330 g/mol. The average molecular weight is 345 g/mol. The number of ether oxygens (including phenoxy) is 1. The molecule has 0 fully saturated rings. The zero-order valence-corrected chi connectivity index (χ0v) is 13.4. The maximum Gasteiger partial charge on any atom is 0.261 e. The smallest absolute Gasteiger partial charge is 0.261 e. The van der Waals surface area contributed by atoms with E-state index in [9.17, 15) is 13.2 Å². The first-order valence-corrected chi connectivity index (χ1v) is 8.69. The maximum absolute atomic E-state index is 12.3. The van der Waals surface area contributed by atoms with Gasteiger partial charge in [0.25, 0.3) is 5.56 Å². The second kappa shape index (κ2) is 6.42. The van der Waals surface area contributed by atoms with Crippen molar-refractivity contribution in [2.24, 2.45) is 5.14 Å². The second-order valence-electron chi connectivity index (χ2n) is 5.13. The molecule has 0 spiro atoms. The van der Waals surface area contributed by atoms with Crippen molar-refractivity contribution in [1.82, 2.24) is 9.55 Å². The van der Waals surface area contributed by atoms with Gasteiger partial charge in [-0.15, -0.1) is 0 Å². The molecule has 24 heavy (non-hydrogen) atoms. The van der Waals surface area contributed by atoms with Gasteiger partial charge in [-0.25, -0.2) is 18.5 Å². The average Bonchev–Trinajstić information content (AvgIpc) is 2.57. The summed E-state index contributed by atoms with van der Waals surface area (Å²) in [6.45, 7) is 0.572. The highest BCUT2D eigenvalue weighted by Gasteiger charge is 2.07. The molecule has 124 valence electrons. The van der Waals surface area contributed by atoms with Crippen molar-refractivity contribution in [2.45, 2.75) is 11.4 Å². The molecule has 2 aromatic carbocycles. The van der Waals surface area contributed by atoms with Gasteiger partial charge >= 0.3 is 0 Å². The number of rotatable bonds is 5. The summed E-state index contributed by atoms with van der Waals surface area (Å²) in [5, 5.41) is 5.58. The molecule has 0 saturated heterocycles. The van der Waals surface area contributed by atoms with Gasteiger partial charge in [0.05, 0.1) is 28.7 Å². The summed E-state index contributed by atoms with van der Waals surface area (Å²) in [7, 11) is -3.72. The highest BCUT2D eigenvalue weighted by molar-refractivity contribution is 7.89. The molecule has 0 saturated carbocycles. The lowest BCUT2D eigenvalue weighted by Gasteiger charge is -2.09. The molecule has 3 rings (SSSR count). The zero-order chi connectivity index (χ0) is 17.2. The third-order valence-electron chi connectivity index (χ3n) is 3.48. The number of hydrogen-bond acceptors (Lipinski definition) is 5. The Kier molecular flexibility index (Phi) is 4.32. The summed E-state index contributed by atoms with van der Waals surface area (Å²) in [5.74, 6) is 0.490. The van der Waals surface area contributed by atoms with Gasteiger partial charge in [0.2, 0.25) is 10.0 Å². The molecule has 0 atom stereocenters. The van der Waals surface area contributed by atoms with Gasteiger partial charge in [0, 0.05) is 0 Å². The van der Waals surface area contributed by atoms with Crippen molar-refractivity contribution >= 4 is 20.9 Å². The third kappa shape index (κ3) is 3.44. The summed E-state index contributed by atoms with van der Waals surface area (Å²) >= 11 is 0. The van der Waals surface area contributed by atoms with Gasteiger partial charge in [-0.2, -0.15) is 0 Å². The van der Waals surface area contributed by atoms with Crippen LogP contribution < -0.4 is 15.4 Å². The molecule has 0 aliphatic rings. The Bertz CT molecular complexity index is 1030. The van der Waals surface area contributed by atoms with Crippen LogP contribution in [-0.4, -0.2) is 24.6 Å². The van der Waals surface area contributed by atoms with Crippen LogP contribution in [0.5, 0.6) is 5.75 Å².